The molecule has 0 spiro atoms. The fraction of sp³-hybridized carbons (Fsp3) is 0.545. The topological polar surface area (TPSA) is 129 Å². The molecule has 180 valence electrons. The van der Waals surface area contributed by atoms with Crippen LogP contribution in [0.25, 0.3) is 0 Å². The molecule has 3 rings (SSSR count). The van der Waals surface area contributed by atoms with Crippen molar-refractivity contribution in [3.8, 4) is 0 Å². The smallest absolute Gasteiger partial charge is 0.408 e. The molecule has 3 atom stereocenters. The van der Waals surface area contributed by atoms with E-state index in [9.17, 15) is 19.2 Å². The van der Waals surface area contributed by atoms with E-state index in [4.69, 9.17) is 9.57 Å². The zero-order valence-electron chi connectivity index (χ0n) is 19.3. The minimum Gasteiger partial charge on any atom is -0.444 e. The number of ether oxygens (including phenoxy) is 1. The van der Waals surface area contributed by atoms with Gasteiger partial charge < -0.3 is 15.0 Å². The van der Waals surface area contributed by atoms with Crippen molar-refractivity contribution >= 4 is 23.9 Å². The van der Waals surface area contributed by atoms with E-state index in [0.29, 0.717) is 19.4 Å². The Morgan fingerprint density at radius 3 is 2.48 bits per heavy atom. The second kappa shape index (κ2) is 10.1. The summed E-state index contributed by atoms with van der Waals surface area (Å²) in [5, 5.41) is 3.73. The van der Waals surface area contributed by atoms with Crippen molar-refractivity contribution in [1.82, 2.24) is 26.1 Å². The molecule has 2 aliphatic heterocycles. The van der Waals surface area contributed by atoms with Crippen molar-refractivity contribution in [1.29, 1.82) is 0 Å². The average Bonchev–Trinajstić information content (AvgIpc) is 2.99. The SMILES string of the molecule is C[C@@H](NC(=O)OC(C)(C)C)C(=O)NNC(=O)[C@@H]1CCC2CN1C(=O)N2OCc1ccccc1. The number of carbonyl (C=O) groups is 4. The molecule has 33 heavy (non-hydrogen) atoms. The normalized spacial score (nSPS) is 20.8. The molecular formula is C22H31N5O6. The van der Waals surface area contributed by atoms with Crippen LogP contribution in [0.15, 0.2) is 30.3 Å². The largest absolute Gasteiger partial charge is 0.444 e. The van der Waals surface area contributed by atoms with Gasteiger partial charge in [0.05, 0.1) is 6.04 Å². The Kier molecular flexibility index (Phi) is 7.42. The summed E-state index contributed by atoms with van der Waals surface area (Å²) in [5.41, 5.74) is 4.87. The average molecular weight is 462 g/mol. The molecule has 0 aromatic heterocycles. The Morgan fingerprint density at radius 1 is 1.12 bits per heavy atom. The number of nitrogens with zero attached hydrogens (tertiary/aromatic N) is 2. The zero-order chi connectivity index (χ0) is 24.2. The van der Waals surface area contributed by atoms with Gasteiger partial charge in [-0.3, -0.25) is 25.3 Å². The lowest BCUT2D eigenvalue weighted by molar-refractivity contribution is -0.140. The molecule has 0 radical (unpaired) electrons. The number of benzene rings is 1. The van der Waals surface area contributed by atoms with E-state index in [2.05, 4.69) is 16.2 Å². The van der Waals surface area contributed by atoms with Crippen molar-refractivity contribution in [3.63, 3.8) is 0 Å². The molecule has 1 unspecified atom stereocenters. The van der Waals surface area contributed by atoms with Crippen molar-refractivity contribution in [2.45, 2.75) is 70.9 Å². The van der Waals surface area contributed by atoms with Gasteiger partial charge in [0.2, 0.25) is 0 Å². The molecule has 11 nitrogen and oxygen atoms in total. The van der Waals surface area contributed by atoms with Crippen LogP contribution in [0, 0.1) is 0 Å². The first-order valence-corrected chi connectivity index (χ1v) is 10.9. The van der Waals surface area contributed by atoms with Crippen LogP contribution in [0.5, 0.6) is 0 Å². The lowest BCUT2D eigenvalue weighted by atomic mass is 10.0. The Bertz CT molecular complexity index is 887. The third-order valence-corrected chi connectivity index (χ3v) is 5.27. The Labute approximate surface area is 192 Å². The van der Waals surface area contributed by atoms with Gasteiger partial charge in [-0.1, -0.05) is 30.3 Å². The first kappa shape index (κ1) is 24.3. The van der Waals surface area contributed by atoms with Crippen molar-refractivity contribution in [3.05, 3.63) is 35.9 Å². The van der Waals surface area contributed by atoms with Gasteiger partial charge in [-0.25, -0.2) is 9.59 Å². The summed E-state index contributed by atoms with van der Waals surface area (Å²) in [5.74, 6) is -1.13. The lowest BCUT2D eigenvalue weighted by Gasteiger charge is -2.29. The molecule has 0 aliphatic carbocycles. The van der Waals surface area contributed by atoms with Gasteiger partial charge in [-0.15, -0.1) is 0 Å². The van der Waals surface area contributed by atoms with E-state index in [0.717, 1.165) is 5.56 Å². The standard InChI is InChI=1S/C22H31N5O6/c1-14(23-20(30)33-22(2,3)4)18(28)24-25-19(29)17-11-10-16-12-26(17)21(31)27(16)32-13-15-8-6-5-7-9-15/h5-9,14,16-17H,10-13H2,1-4H3,(H,23,30)(H,24,28)(H,25,29)/t14-,16?,17+/m1/s1. The molecule has 1 aromatic rings. The van der Waals surface area contributed by atoms with Gasteiger partial charge in [0, 0.05) is 6.54 Å². The van der Waals surface area contributed by atoms with Gasteiger partial charge in [0.15, 0.2) is 0 Å². The first-order chi connectivity index (χ1) is 15.5. The number of hydrazine groups is 1. The number of urea groups is 1. The number of rotatable bonds is 6. The maximum absolute atomic E-state index is 12.8. The molecular weight excluding hydrogens is 430 g/mol. The van der Waals surface area contributed by atoms with Crippen LogP contribution in [0.3, 0.4) is 0 Å². The molecule has 3 N–H and O–H groups in total. The van der Waals surface area contributed by atoms with E-state index >= 15 is 0 Å². The van der Waals surface area contributed by atoms with Crippen molar-refractivity contribution < 1.29 is 28.8 Å². The summed E-state index contributed by atoms with van der Waals surface area (Å²) in [6.07, 6.45) is 0.294. The highest BCUT2D eigenvalue weighted by atomic mass is 16.7. The Balaban J connectivity index is 1.47. The number of hydroxylamine groups is 2. The van der Waals surface area contributed by atoms with Gasteiger partial charge in [-0.2, -0.15) is 5.06 Å². The summed E-state index contributed by atoms with van der Waals surface area (Å²) < 4.78 is 5.10. The van der Waals surface area contributed by atoms with Gasteiger partial charge >= 0.3 is 12.1 Å². The number of piperidine rings is 1. The van der Waals surface area contributed by atoms with Crippen molar-refractivity contribution in [2.75, 3.05) is 6.54 Å². The molecule has 2 bridgehead atoms. The maximum atomic E-state index is 12.8. The van der Waals surface area contributed by atoms with Crippen LogP contribution in [0.4, 0.5) is 9.59 Å². The van der Waals surface area contributed by atoms with Crippen LogP contribution in [-0.2, 0) is 25.8 Å². The molecule has 2 heterocycles. The quantitative estimate of drug-likeness (QED) is 0.550. The van der Waals surface area contributed by atoms with E-state index < -0.39 is 35.6 Å². The number of nitrogens with one attached hydrogen (secondary N) is 3. The number of carbonyl (C=O) groups excluding carboxylic acids is 4. The molecule has 5 amide bonds. The highest BCUT2D eigenvalue weighted by Crippen LogP contribution is 2.30. The monoisotopic (exact) mass is 461 g/mol. The van der Waals surface area contributed by atoms with E-state index in [-0.39, 0.29) is 18.7 Å². The van der Waals surface area contributed by atoms with Gasteiger partial charge in [0.25, 0.3) is 11.8 Å². The summed E-state index contributed by atoms with van der Waals surface area (Å²) in [6, 6.07) is 7.34. The zero-order valence-corrected chi connectivity index (χ0v) is 19.3. The lowest BCUT2D eigenvalue weighted by Crippen LogP contribution is -2.57. The molecule has 1 aromatic carbocycles. The Hall–Kier alpha value is -3.34. The second-order valence-electron chi connectivity index (χ2n) is 9.11. The molecule has 2 aliphatic rings. The maximum Gasteiger partial charge on any atom is 0.408 e. The van der Waals surface area contributed by atoms with E-state index in [1.165, 1.54) is 16.9 Å². The van der Waals surface area contributed by atoms with Crippen LogP contribution in [-0.4, -0.2) is 64.2 Å². The summed E-state index contributed by atoms with van der Waals surface area (Å²) >= 11 is 0. The minimum absolute atomic E-state index is 0.127. The first-order valence-electron chi connectivity index (χ1n) is 10.9. The third-order valence-electron chi connectivity index (χ3n) is 5.27. The summed E-state index contributed by atoms with van der Waals surface area (Å²) in [7, 11) is 0. The molecule has 2 fully saturated rings. The van der Waals surface area contributed by atoms with Gasteiger partial charge in [0.1, 0.15) is 24.3 Å². The highest BCUT2D eigenvalue weighted by molar-refractivity contribution is 5.91. The number of alkyl carbamates (subject to hydrolysis) is 1. The summed E-state index contributed by atoms with van der Waals surface area (Å²) in [4.78, 5) is 56.7. The predicted molar refractivity (Wildman–Crippen MR) is 117 cm³/mol. The van der Waals surface area contributed by atoms with E-state index in [1.807, 2.05) is 30.3 Å². The predicted octanol–water partition coefficient (Wildman–Crippen LogP) is 1.45. The van der Waals surface area contributed by atoms with Crippen molar-refractivity contribution in [2.24, 2.45) is 0 Å². The molecule has 0 saturated carbocycles. The van der Waals surface area contributed by atoms with Crippen LogP contribution in [0.2, 0.25) is 0 Å². The van der Waals surface area contributed by atoms with E-state index in [1.54, 1.807) is 20.8 Å². The number of hydrogen-bond donors (Lipinski definition) is 3. The summed E-state index contributed by atoms with van der Waals surface area (Å²) in [6.45, 7) is 7.21. The Morgan fingerprint density at radius 2 is 1.82 bits per heavy atom. The number of hydrogen-bond acceptors (Lipinski definition) is 6. The van der Waals surface area contributed by atoms with Crippen LogP contribution >= 0.6 is 0 Å². The molecule has 11 heteroatoms. The van der Waals surface area contributed by atoms with Crippen LogP contribution < -0.4 is 16.2 Å². The number of amides is 5. The highest BCUT2D eigenvalue weighted by Gasteiger charge is 2.48. The van der Waals surface area contributed by atoms with Gasteiger partial charge in [-0.05, 0) is 46.1 Å². The van der Waals surface area contributed by atoms with Crippen LogP contribution in [0.1, 0.15) is 46.1 Å². The minimum atomic E-state index is -0.939. The number of fused-ring (bicyclic) bond motifs is 2. The fourth-order valence-electron chi connectivity index (χ4n) is 3.65. The third kappa shape index (κ3) is 6.35. The molecule has 2 saturated heterocycles. The fourth-order valence-corrected chi connectivity index (χ4v) is 3.65. The second-order valence-corrected chi connectivity index (χ2v) is 9.11.